The number of nitrogen functional groups attached to an aromatic ring is 1. The van der Waals surface area contributed by atoms with Gasteiger partial charge in [-0.3, -0.25) is 0 Å². The fraction of sp³-hybridized carbons (Fsp3) is 0.417. The van der Waals surface area contributed by atoms with E-state index in [1.165, 1.54) is 0 Å². The normalized spacial score (nSPS) is 22.8. The number of anilines is 1. The molecule has 1 aromatic carbocycles. The lowest BCUT2D eigenvalue weighted by Gasteiger charge is -2.32. The van der Waals surface area contributed by atoms with E-state index in [-0.39, 0.29) is 36.5 Å². The van der Waals surface area contributed by atoms with Gasteiger partial charge in [0.1, 0.15) is 5.75 Å². The molecule has 5 nitrogen and oxygen atoms in total. The molecule has 0 bridgehead atoms. The molecular weight excluding hydrogens is 277 g/mol. The number of hydrogen-bond donors (Lipinski definition) is 3. The Morgan fingerprint density at radius 2 is 2.15 bits per heavy atom. The molecule has 0 saturated carbocycles. The molecule has 1 aliphatic heterocycles. The van der Waals surface area contributed by atoms with Gasteiger partial charge in [-0.25, -0.2) is 4.79 Å². The maximum absolute atomic E-state index is 13.1. The summed E-state index contributed by atoms with van der Waals surface area (Å²) in [5.74, 6) is -1.38. The van der Waals surface area contributed by atoms with Crippen LogP contribution < -0.4 is 15.8 Å². The Morgan fingerprint density at radius 1 is 1.45 bits per heavy atom. The van der Waals surface area contributed by atoms with Gasteiger partial charge in [0.25, 0.3) is 0 Å². The van der Waals surface area contributed by atoms with Crippen LogP contribution in [0.1, 0.15) is 16.8 Å². The number of ether oxygens (including phenoxy) is 1. The molecule has 1 aliphatic rings. The van der Waals surface area contributed by atoms with Crippen LogP contribution in [-0.4, -0.2) is 35.9 Å². The predicted octanol–water partition coefficient (Wildman–Crippen LogP) is 1.64. The maximum Gasteiger partial charge on any atom is 0.429 e. The van der Waals surface area contributed by atoms with Crippen LogP contribution in [0.5, 0.6) is 5.75 Å². The van der Waals surface area contributed by atoms with Crippen LogP contribution in [0.2, 0.25) is 0 Å². The molecule has 20 heavy (non-hydrogen) atoms. The Labute approximate surface area is 112 Å². The monoisotopic (exact) mass is 290 g/mol. The van der Waals surface area contributed by atoms with Crippen LogP contribution in [0.15, 0.2) is 18.2 Å². The Hall–Kier alpha value is -1.96. The van der Waals surface area contributed by atoms with Gasteiger partial charge in [-0.2, -0.15) is 13.2 Å². The van der Waals surface area contributed by atoms with E-state index in [2.05, 4.69) is 5.32 Å². The molecule has 1 atom stereocenters. The highest BCUT2D eigenvalue weighted by atomic mass is 19.4. The molecule has 110 valence electrons. The number of carboxylic acids is 1. The van der Waals surface area contributed by atoms with Gasteiger partial charge in [-0.1, -0.05) is 0 Å². The Kier molecular flexibility index (Phi) is 3.51. The van der Waals surface area contributed by atoms with Crippen molar-refractivity contribution in [2.24, 2.45) is 0 Å². The Bertz CT molecular complexity index is 525. The molecular formula is C12H13F3N2O3. The smallest absolute Gasteiger partial charge is 0.429 e. The predicted molar refractivity (Wildman–Crippen MR) is 64.7 cm³/mol. The van der Waals surface area contributed by atoms with Gasteiger partial charge >= 0.3 is 12.1 Å². The van der Waals surface area contributed by atoms with Gasteiger partial charge in [0.2, 0.25) is 5.60 Å². The Morgan fingerprint density at radius 3 is 2.60 bits per heavy atom. The summed E-state index contributed by atoms with van der Waals surface area (Å²) >= 11 is 0. The molecule has 1 heterocycles. The number of aromatic carboxylic acids is 1. The number of rotatable bonds is 3. The molecule has 0 aromatic heterocycles. The third kappa shape index (κ3) is 2.51. The number of hydrogen-bond acceptors (Lipinski definition) is 4. The molecule has 0 radical (unpaired) electrons. The fourth-order valence-corrected chi connectivity index (χ4v) is 2.04. The first-order valence-corrected chi connectivity index (χ1v) is 5.84. The first-order valence-electron chi connectivity index (χ1n) is 5.84. The average Bonchev–Trinajstić information content (AvgIpc) is 2.80. The Balaban J connectivity index is 2.31. The van der Waals surface area contributed by atoms with Crippen LogP contribution >= 0.6 is 0 Å². The zero-order valence-electron chi connectivity index (χ0n) is 10.3. The average molecular weight is 290 g/mol. The van der Waals surface area contributed by atoms with Crippen molar-refractivity contribution in [3.63, 3.8) is 0 Å². The molecule has 4 N–H and O–H groups in total. The van der Waals surface area contributed by atoms with Crippen molar-refractivity contribution in [1.29, 1.82) is 0 Å². The molecule has 2 rings (SSSR count). The molecule has 8 heteroatoms. The van der Waals surface area contributed by atoms with Crippen molar-refractivity contribution >= 4 is 11.7 Å². The van der Waals surface area contributed by atoms with Gasteiger partial charge in [-0.15, -0.1) is 0 Å². The number of carboxylic acid groups (broad SMARTS) is 1. The molecule has 1 saturated heterocycles. The molecule has 0 spiro atoms. The number of carbonyl (C=O) groups is 1. The minimum absolute atomic E-state index is 0.111. The standard InChI is InChI=1S/C12H13F3N2O3/c13-12(14,15)11(3-4-17-6-11)20-9-2-1-7(10(18)19)5-8(9)16/h1-2,5,17H,3-4,6,16H2,(H,18,19). The van der Waals surface area contributed by atoms with Gasteiger partial charge in [0, 0.05) is 13.0 Å². The summed E-state index contributed by atoms with van der Waals surface area (Å²) in [4.78, 5) is 10.7. The summed E-state index contributed by atoms with van der Waals surface area (Å²) in [6.07, 6.45) is -4.77. The number of halogens is 3. The van der Waals surface area contributed by atoms with Crippen LogP contribution in [0.3, 0.4) is 0 Å². The fourth-order valence-electron chi connectivity index (χ4n) is 2.04. The van der Waals surface area contributed by atoms with E-state index in [0.29, 0.717) is 0 Å². The van der Waals surface area contributed by atoms with Crippen LogP contribution in [0.25, 0.3) is 0 Å². The third-order valence-corrected chi connectivity index (χ3v) is 3.19. The molecule has 1 aromatic rings. The van der Waals surface area contributed by atoms with Crippen LogP contribution in [-0.2, 0) is 0 Å². The van der Waals surface area contributed by atoms with Crippen molar-refractivity contribution in [3.05, 3.63) is 23.8 Å². The summed E-state index contributed by atoms with van der Waals surface area (Å²) < 4.78 is 44.5. The van der Waals surface area contributed by atoms with Crippen molar-refractivity contribution in [2.45, 2.75) is 18.2 Å². The number of benzene rings is 1. The van der Waals surface area contributed by atoms with Crippen molar-refractivity contribution in [3.8, 4) is 5.75 Å². The van der Waals surface area contributed by atoms with E-state index >= 15 is 0 Å². The zero-order chi connectivity index (χ0) is 15.0. The summed E-state index contributed by atoms with van der Waals surface area (Å²) in [5.41, 5.74) is 2.99. The highest BCUT2D eigenvalue weighted by Crippen LogP contribution is 2.40. The number of nitrogens with one attached hydrogen (secondary N) is 1. The third-order valence-electron chi connectivity index (χ3n) is 3.19. The first kappa shape index (κ1) is 14.4. The van der Waals surface area contributed by atoms with E-state index < -0.39 is 17.7 Å². The second-order valence-electron chi connectivity index (χ2n) is 4.58. The van der Waals surface area contributed by atoms with Crippen molar-refractivity contribution < 1.29 is 27.8 Å². The second-order valence-corrected chi connectivity index (χ2v) is 4.58. The van der Waals surface area contributed by atoms with Crippen molar-refractivity contribution in [2.75, 3.05) is 18.8 Å². The van der Waals surface area contributed by atoms with E-state index in [0.717, 1.165) is 18.2 Å². The van der Waals surface area contributed by atoms with E-state index in [1.807, 2.05) is 0 Å². The lowest BCUT2D eigenvalue weighted by molar-refractivity contribution is -0.240. The van der Waals surface area contributed by atoms with Gasteiger partial charge in [0.15, 0.2) is 0 Å². The lowest BCUT2D eigenvalue weighted by atomic mass is 10.0. The summed E-state index contributed by atoms with van der Waals surface area (Å²) in [5, 5.41) is 11.4. The van der Waals surface area contributed by atoms with E-state index in [9.17, 15) is 18.0 Å². The second kappa shape index (κ2) is 4.86. The van der Waals surface area contributed by atoms with E-state index in [4.69, 9.17) is 15.6 Å². The van der Waals surface area contributed by atoms with Crippen LogP contribution in [0.4, 0.5) is 18.9 Å². The maximum atomic E-state index is 13.1. The number of alkyl halides is 3. The minimum atomic E-state index is -4.55. The highest BCUT2D eigenvalue weighted by Gasteiger charge is 2.59. The lowest BCUT2D eigenvalue weighted by Crippen LogP contribution is -2.52. The molecule has 1 fully saturated rings. The van der Waals surface area contributed by atoms with Crippen molar-refractivity contribution in [1.82, 2.24) is 5.32 Å². The summed E-state index contributed by atoms with van der Waals surface area (Å²) in [7, 11) is 0. The minimum Gasteiger partial charge on any atom is -0.478 e. The quantitative estimate of drug-likeness (QED) is 0.737. The SMILES string of the molecule is Nc1cc(C(=O)O)ccc1OC1(C(F)(F)F)CCNC1. The largest absolute Gasteiger partial charge is 0.478 e. The summed E-state index contributed by atoms with van der Waals surface area (Å²) in [6.45, 7) is -0.177. The zero-order valence-corrected chi connectivity index (χ0v) is 10.3. The first-order chi connectivity index (χ1) is 9.25. The van der Waals surface area contributed by atoms with Gasteiger partial charge in [0.05, 0.1) is 11.3 Å². The topological polar surface area (TPSA) is 84.6 Å². The number of nitrogens with two attached hydrogens (primary N) is 1. The summed E-state index contributed by atoms with van der Waals surface area (Å²) in [6, 6.07) is 3.37. The highest BCUT2D eigenvalue weighted by molar-refractivity contribution is 5.89. The molecule has 0 aliphatic carbocycles. The van der Waals surface area contributed by atoms with Gasteiger partial charge < -0.3 is 20.9 Å². The van der Waals surface area contributed by atoms with E-state index in [1.54, 1.807) is 0 Å². The van der Waals surface area contributed by atoms with Crippen LogP contribution in [0, 0.1) is 0 Å². The van der Waals surface area contributed by atoms with Gasteiger partial charge in [-0.05, 0) is 24.7 Å². The molecule has 0 amide bonds. The molecule has 1 unspecified atom stereocenters.